The van der Waals surface area contributed by atoms with Crippen LogP contribution in [-0.4, -0.2) is 62.0 Å². The van der Waals surface area contributed by atoms with E-state index in [0.717, 1.165) is 11.4 Å². The number of halogens is 3. The van der Waals surface area contributed by atoms with Gasteiger partial charge < -0.3 is 24.6 Å². The fourth-order valence-corrected chi connectivity index (χ4v) is 3.09. The van der Waals surface area contributed by atoms with Crippen molar-refractivity contribution in [2.45, 2.75) is 12.7 Å². The number of ether oxygens (including phenoxy) is 2. The van der Waals surface area contributed by atoms with Gasteiger partial charge in [-0.25, -0.2) is 9.78 Å². The van der Waals surface area contributed by atoms with Crippen LogP contribution >= 0.6 is 0 Å². The van der Waals surface area contributed by atoms with Gasteiger partial charge in [0.05, 0.1) is 12.8 Å². The average Bonchev–Trinajstić information content (AvgIpc) is 2.76. The zero-order chi connectivity index (χ0) is 21.6. The molecule has 3 rings (SSSR count). The number of rotatable bonds is 6. The van der Waals surface area contributed by atoms with Crippen molar-refractivity contribution < 1.29 is 27.4 Å². The van der Waals surface area contributed by atoms with Crippen molar-refractivity contribution in [3.63, 3.8) is 0 Å². The number of nitrogens with zero attached hydrogens (tertiary/aromatic N) is 3. The first-order valence-corrected chi connectivity index (χ1v) is 9.41. The highest BCUT2D eigenvalue weighted by atomic mass is 19.4. The number of amides is 2. The van der Waals surface area contributed by atoms with E-state index in [9.17, 15) is 18.0 Å². The van der Waals surface area contributed by atoms with Crippen LogP contribution in [0.3, 0.4) is 0 Å². The van der Waals surface area contributed by atoms with Gasteiger partial charge in [0.25, 0.3) is 0 Å². The second-order valence-corrected chi connectivity index (χ2v) is 6.71. The largest absolute Gasteiger partial charge is 0.495 e. The molecule has 2 amide bonds. The highest BCUT2D eigenvalue weighted by molar-refractivity contribution is 5.74. The van der Waals surface area contributed by atoms with Crippen LogP contribution in [0.25, 0.3) is 0 Å². The fraction of sp³-hybridized carbons (Fsp3) is 0.400. The van der Waals surface area contributed by atoms with Gasteiger partial charge >= 0.3 is 12.2 Å². The van der Waals surface area contributed by atoms with E-state index < -0.39 is 12.8 Å². The van der Waals surface area contributed by atoms with Gasteiger partial charge in [0, 0.05) is 45.0 Å². The van der Waals surface area contributed by atoms with Gasteiger partial charge in [0.1, 0.15) is 5.75 Å². The van der Waals surface area contributed by atoms with Crippen LogP contribution in [0.4, 0.5) is 23.7 Å². The highest BCUT2D eigenvalue weighted by Gasteiger charge is 2.28. The van der Waals surface area contributed by atoms with Crippen molar-refractivity contribution in [3.05, 3.63) is 48.2 Å². The number of urea groups is 1. The van der Waals surface area contributed by atoms with E-state index in [1.165, 1.54) is 12.3 Å². The minimum atomic E-state index is -4.41. The molecular weight excluding hydrogens is 401 g/mol. The Morgan fingerprint density at radius 1 is 1.13 bits per heavy atom. The quantitative estimate of drug-likeness (QED) is 0.772. The van der Waals surface area contributed by atoms with Crippen molar-refractivity contribution in [1.82, 2.24) is 15.2 Å². The third-order valence-electron chi connectivity index (χ3n) is 4.62. The summed E-state index contributed by atoms with van der Waals surface area (Å²) in [6.07, 6.45) is -3.03. The molecule has 2 aromatic rings. The van der Waals surface area contributed by atoms with Crippen LogP contribution in [0.1, 0.15) is 5.56 Å². The minimum Gasteiger partial charge on any atom is -0.495 e. The van der Waals surface area contributed by atoms with E-state index in [0.29, 0.717) is 31.7 Å². The number of alkyl halides is 3. The molecule has 1 fully saturated rings. The molecule has 1 saturated heterocycles. The summed E-state index contributed by atoms with van der Waals surface area (Å²) < 4.78 is 46.4. The lowest BCUT2D eigenvalue weighted by molar-refractivity contribution is -0.154. The Bertz CT molecular complexity index is 838. The zero-order valence-electron chi connectivity index (χ0n) is 16.5. The van der Waals surface area contributed by atoms with Crippen molar-refractivity contribution in [2.24, 2.45) is 0 Å². The number of piperazine rings is 1. The second kappa shape index (κ2) is 9.55. The Morgan fingerprint density at radius 2 is 1.87 bits per heavy atom. The summed E-state index contributed by atoms with van der Waals surface area (Å²) in [5, 5.41) is 2.80. The summed E-state index contributed by atoms with van der Waals surface area (Å²) in [7, 11) is 1.63. The molecule has 7 nitrogen and oxygen atoms in total. The van der Waals surface area contributed by atoms with Crippen molar-refractivity contribution in [1.29, 1.82) is 0 Å². The molecule has 162 valence electrons. The number of para-hydroxylation sites is 2. The second-order valence-electron chi connectivity index (χ2n) is 6.71. The number of benzene rings is 1. The Hall–Kier alpha value is -3.17. The van der Waals surface area contributed by atoms with Gasteiger partial charge in [-0.15, -0.1) is 0 Å². The number of aromatic nitrogens is 1. The van der Waals surface area contributed by atoms with E-state index in [1.807, 2.05) is 24.3 Å². The third-order valence-corrected chi connectivity index (χ3v) is 4.62. The number of methoxy groups -OCH3 is 1. The normalized spacial score (nSPS) is 14.4. The number of carbonyl (C=O) groups is 1. The standard InChI is InChI=1S/C20H23F3N4O3/c1-29-17-5-3-2-4-16(17)26-8-10-27(11-9-26)19(28)25-13-15-6-7-18(24-12-15)30-14-20(21,22)23/h2-7,12H,8-11,13-14H2,1H3,(H,25,28). The highest BCUT2D eigenvalue weighted by Crippen LogP contribution is 2.28. The third kappa shape index (κ3) is 5.91. The van der Waals surface area contributed by atoms with Crippen LogP contribution in [0.2, 0.25) is 0 Å². The van der Waals surface area contributed by atoms with Crippen molar-refractivity contribution >= 4 is 11.7 Å². The molecule has 0 aliphatic carbocycles. The summed E-state index contributed by atoms with van der Waals surface area (Å²) in [6, 6.07) is 10.5. The molecule has 30 heavy (non-hydrogen) atoms. The van der Waals surface area contributed by atoms with Gasteiger partial charge in [-0.2, -0.15) is 13.2 Å². The predicted molar refractivity (Wildman–Crippen MR) is 105 cm³/mol. The lowest BCUT2D eigenvalue weighted by atomic mass is 10.2. The van der Waals surface area contributed by atoms with Crippen LogP contribution in [0, 0.1) is 0 Å². The van der Waals surface area contributed by atoms with Gasteiger partial charge in [0.15, 0.2) is 6.61 Å². The maximum Gasteiger partial charge on any atom is 0.422 e. The van der Waals surface area contributed by atoms with E-state index in [4.69, 9.17) is 4.74 Å². The maximum atomic E-state index is 12.4. The molecule has 10 heteroatoms. The number of anilines is 1. The lowest BCUT2D eigenvalue weighted by Crippen LogP contribution is -2.51. The smallest absolute Gasteiger partial charge is 0.422 e. The Morgan fingerprint density at radius 3 is 2.50 bits per heavy atom. The Kier molecular flexibility index (Phi) is 6.86. The van der Waals surface area contributed by atoms with Gasteiger partial charge in [-0.05, 0) is 17.7 Å². The minimum absolute atomic E-state index is 0.116. The molecule has 0 radical (unpaired) electrons. The van der Waals surface area contributed by atoms with E-state index in [-0.39, 0.29) is 18.5 Å². The maximum absolute atomic E-state index is 12.4. The topological polar surface area (TPSA) is 66.9 Å². The predicted octanol–water partition coefficient (Wildman–Crippen LogP) is 3.06. The number of hydrogen-bond acceptors (Lipinski definition) is 5. The summed E-state index contributed by atoms with van der Waals surface area (Å²) in [4.78, 5) is 20.1. The van der Waals surface area contributed by atoms with Crippen LogP contribution < -0.4 is 19.7 Å². The van der Waals surface area contributed by atoms with E-state index in [1.54, 1.807) is 18.1 Å². The lowest BCUT2D eigenvalue weighted by Gasteiger charge is -2.36. The van der Waals surface area contributed by atoms with E-state index >= 15 is 0 Å². The molecule has 2 heterocycles. The van der Waals surface area contributed by atoms with Gasteiger partial charge in [-0.1, -0.05) is 18.2 Å². The van der Waals surface area contributed by atoms with Gasteiger partial charge in [0.2, 0.25) is 5.88 Å². The van der Waals surface area contributed by atoms with Crippen LogP contribution in [0.5, 0.6) is 11.6 Å². The Labute approximate surface area is 172 Å². The van der Waals surface area contributed by atoms with Crippen molar-refractivity contribution in [3.8, 4) is 11.6 Å². The number of pyridine rings is 1. The van der Waals surface area contributed by atoms with E-state index in [2.05, 4.69) is 19.9 Å². The first-order chi connectivity index (χ1) is 14.4. The summed E-state index contributed by atoms with van der Waals surface area (Å²) in [5.41, 5.74) is 1.66. The molecule has 1 aromatic heterocycles. The molecule has 1 N–H and O–H groups in total. The first-order valence-electron chi connectivity index (χ1n) is 9.41. The SMILES string of the molecule is COc1ccccc1N1CCN(C(=O)NCc2ccc(OCC(F)(F)F)nc2)CC1. The molecule has 1 aromatic carbocycles. The summed E-state index contributed by atoms with van der Waals surface area (Å²) in [6.45, 7) is 1.31. The molecule has 0 saturated carbocycles. The molecule has 0 spiro atoms. The molecule has 0 bridgehead atoms. The van der Waals surface area contributed by atoms with Crippen LogP contribution in [0.15, 0.2) is 42.6 Å². The van der Waals surface area contributed by atoms with Crippen molar-refractivity contribution in [2.75, 3.05) is 44.8 Å². The molecule has 1 aliphatic heterocycles. The summed E-state index contributed by atoms with van der Waals surface area (Å²) >= 11 is 0. The number of hydrogen-bond donors (Lipinski definition) is 1. The molecule has 1 aliphatic rings. The molecule has 0 unspecified atom stereocenters. The Balaban J connectivity index is 1.45. The fourth-order valence-electron chi connectivity index (χ4n) is 3.09. The zero-order valence-corrected chi connectivity index (χ0v) is 16.5. The average molecular weight is 424 g/mol. The van der Waals surface area contributed by atoms with Gasteiger partial charge in [-0.3, -0.25) is 0 Å². The first kappa shape index (κ1) is 21.5. The number of carbonyl (C=O) groups excluding carboxylic acids is 1. The monoisotopic (exact) mass is 424 g/mol. The number of nitrogens with one attached hydrogen (secondary N) is 1. The molecule has 0 atom stereocenters. The summed E-state index contributed by atoms with van der Waals surface area (Å²) in [5.74, 6) is 0.681. The van der Waals surface area contributed by atoms with Crippen LogP contribution in [-0.2, 0) is 6.54 Å². The molecular formula is C20H23F3N4O3.